The smallest absolute Gasteiger partial charge is 0.217 e. The Hall–Kier alpha value is -5.40. The first-order valence-electron chi connectivity index (χ1n) is 21.6. The molecule has 0 bridgehead atoms. The van der Waals surface area contributed by atoms with Crippen molar-refractivity contribution in [1.29, 1.82) is 0 Å². The van der Waals surface area contributed by atoms with Crippen LogP contribution in [0.2, 0.25) is 0 Å². The molecule has 0 aromatic heterocycles. The molecular formula is C50H64N4O8. The van der Waals surface area contributed by atoms with E-state index in [9.17, 15) is 34.8 Å². The minimum absolute atomic E-state index is 0.0282. The van der Waals surface area contributed by atoms with Gasteiger partial charge < -0.3 is 37.6 Å². The van der Waals surface area contributed by atoms with Gasteiger partial charge in [0, 0.05) is 23.9 Å². The molecule has 4 aromatic carbocycles. The number of hydrogen-bond donors (Lipinski definition) is 7. The molecule has 0 aliphatic carbocycles. The minimum Gasteiger partial charge on any atom is -0.508 e. The number of ketones is 4. The van der Waals surface area contributed by atoms with Gasteiger partial charge in [-0.25, -0.2) is 0 Å². The molecule has 1 fully saturated rings. The van der Waals surface area contributed by atoms with Crippen molar-refractivity contribution in [3.63, 3.8) is 0 Å². The number of carbonyl (C=O) groups excluding carboxylic acids is 4. The molecule has 1 heterocycles. The third-order valence-electron chi connectivity index (χ3n) is 13.4. The predicted octanol–water partition coefficient (Wildman–Crippen LogP) is 5.28. The molecule has 12 nitrogen and oxygen atoms in total. The Morgan fingerprint density at radius 3 is 1.23 bits per heavy atom. The van der Waals surface area contributed by atoms with Crippen LogP contribution in [0.1, 0.15) is 63.8 Å². The fourth-order valence-corrected chi connectivity index (χ4v) is 9.04. The highest BCUT2D eigenvalue weighted by Gasteiger charge is 2.63. The number of carbonyl (C=O) groups is 4. The summed E-state index contributed by atoms with van der Waals surface area (Å²) < 4.78 is 0. The van der Waals surface area contributed by atoms with Crippen LogP contribution in [0.5, 0.6) is 23.0 Å². The van der Waals surface area contributed by atoms with E-state index in [1.807, 2.05) is 4.90 Å². The highest BCUT2D eigenvalue weighted by Crippen LogP contribution is 2.49. The minimum atomic E-state index is -1.21. The fraction of sp³-hybridized carbons (Fsp3) is 0.440. The van der Waals surface area contributed by atoms with Crippen LogP contribution in [0.15, 0.2) is 97.1 Å². The molecule has 1 aliphatic heterocycles. The number of rotatable bonds is 22. The molecule has 0 saturated carbocycles. The lowest BCUT2D eigenvalue weighted by atomic mass is 9.73. The van der Waals surface area contributed by atoms with Gasteiger partial charge in [-0.05, 0) is 120 Å². The van der Waals surface area contributed by atoms with E-state index in [1.165, 1.54) is 48.5 Å². The molecule has 1 aliphatic rings. The van der Waals surface area contributed by atoms with Gasteiger partial charge in [-0.1, -0.05) is 90.1 Å². The largest absolute Gasteiger partial charge is 0.508 e. The summed E-state index contributed by atoms with van der Waals surface area (Å²) in [5.74, 6) is -3.64. The Morgan fingerprint density at radius 2 is 0.839 bits per heavy atom. The number of hydrogen-bond acceptors (Lipinski definition) is 12. The average Bonchev–Trinajstić information content (AvgIpc) is 3.98. The molecule has 0 amide bonds. The number of nitrogens with zero attached hydrogens (tertiary/aromatic N) is 1. The third-order valence-corrected chi connectivity index (χ3v) is 13.4. The SMILES string of the molecule is CC(C)C(C)C(C)C(C)C1C(C(C(=O)[C@@H](N)Cc2ccc(O)cc2)C(C)C(=O)[C@@H](N)Cc2ccc(O)cc2)N1[C@@H](Cc1ccc(O)cc1)C(=O)C(=O)[C@@H](N)Cc1ccc(O)cc1. The van der Waals surface area contributed by atoms with E-state index in [1.54, 1.807) is 55.5 Å². The maximum Gasteiger partial charge on any atom is 0.217 e. The molecule has 12 atom stereocenters. The predicted molar refractivity (Wildman–Crippen MR) is 239 cm³/mol. The Morgan fingerprint density at radius 1 is 0.484 bits per heavy atom. The number of phenols is 4. The van der Waals surface area contributed by atoms with Crippen molar-refractivity contribution in [3.05, 3.63) is 119 Å². The second kappa shape index (κ2) is 20.6. The molecule has 0 radical (unpaired) electrons. The standard InChI is InChI=1S/C50H64N4O8/c1-27(2)28(3)29(4)30(5)45-46(54(45)43(26-35-13-21-39(58)22-14-35)50(62)49(61)42(53)25-34-11-19-38(57)20-12-34)44(48(60)41(52)24-33-9-17-37(56)18-10-33)31(6)47(59)40(51)23-32-7-15-36(55)16-8-32/h7-22,27-31,40-46,55-58H,23-26,51-53H2,1-6H3/t28?,29?,30?,31?,40-,41-,42-,43-,44?,45?,46?,54?/m0/s1. The summed E-state index contributed by atoms with van der Waals surface area (Å²) in [6, 6.07) is 19.8. The van der Waals surface area contributed by atoms with Gasteiger partial charge in [0.05, 0.1) is 24.2 Å². The fourth-order valence-electron chi connectivity index (χ4n) is 9.04. The highest BCUT2D eigenvalue weighted by atomic mass is 16.3. The van der Waals surface area contributed by atoms with E-state index in [0.29, 0.717) is 22.6 Å². The summed E-state index contributed by atoms with van der Waals surface area (Å²) in [7, 11) is 0. The van der Waals surface area contributed by atoms with Gasteiger partial charge in [-0.3, -0.25) is 24.1 Å². The number of Topliss-reactive ketones (excluding diaryl/α,β-unsaturated/α-hetero) is 4. The molecule has 332 valence electrons. The van der Waals surface area contributed by atoms with E-state index in [0.717, 1.165) is 5.56 Å². The highest BCUT2D eigenvalue weighted by molar-refractivity contribution is 6.41. The number of aromatic hydroxyl groups is 4. The molecule has 12 heteroatoms. The Labute approximate surface area is 365 Å². The molecule has 62 heavy (non-hydrogen) atoms. The summed E-state index contributed by atoms with van der Waals surface area (Å²) in [5, 5.41) is 39.7. The van der Waals surface area contributed by atoms with Crippen LogP contribution >= 0.6 is 0 Å². The molecule has 0 spiro atoms. The molecule has 1 saturated heterocycles. The van der Waals surface area contributed by atoms with Crippen LogP contribution in [0.25, 0.3) is 0 Å². The Bertz CT molecular complexity index is 2140. The second-order valence-electron chi connectivity index (χ2n) is 17.9. The van der Waals surface area contributed by atoms with Crippen LogP contribution < -0.4 is 17.2 Å². The summed E-state index contributed by atoms with van der Waals surface area (Å²) in [4.78, 5) is 60.7. The van der Waals surface area contributed by atoms with Gasteiger partial charge >= 0.3 is 0 Å². The monoisotopic (exact) mass is 848 g/mol. The normalized spacial score (nSPS) is 20.5. The zero-order valence-corrected chi connectivity index (χ0v) is 36.6. The van der Waals surface area contributed by atoms with Crippen molar-refractivity contribution >= 4 is 23.1 Å². The summed E-state index contributed by atoms with van der Waals surface area (Å²) in [6.45, 7) is 12.4. The molecular weight excluding hydrogens is 785 g/mol. The first kappa shape index (κ1) is 47.6. The van der Waals surface area contributed by atoms with E-state index in [4.69, 9.17) is 17.2 Å². The van der Waals surface area contributed by atoms with Crippen molar-refractivity contribution in [2.24, 2.45) is 52.7 Å². The van der Waals surface area contributed by atoms with Crippen molar-refractivity contribution < 1.29 is 39.6 Å². The van der Waals surface area contributed by atoms with Crippen molar-refractivity contribution in [2.45, 2.75) is 103 Å². The zero-order valence-electron chi connectivity index (χ0n) is 36.6. The van der Waals surface area contributed by atoms with Crippen LogP contribution in [-0.4, -0.2) is 84.7 Å². The maximum absolute atomic E-state index is 15.1. The number of nitrogens with two attached hydrogens (primary N) is 3. The average molecular weight is 849 g/mol. The quantitative estimate of drug-likeness (QED) is 0.0396. The lowest BCUT2D eigenvalue weighted by Gasteiger charge is -2.30. The summed E-state index contributed by atoms with van der Waals surface area (Å²) in [6.07, 6.45) is 0.356. The van der Waals surface area contributed by atoms with Crippen molar-refractivity contribution in [3.8, 4) is 23.0 Å². The zero-order chi connectivity index (χ0) is 45.6. The van der Waals surface area contributed by atoms with Gasteiger partial charge in [0.1, 0.15) is 23.0 Å². The Balaban J connectivity index is 1.60. The van der Waals surface area contributed by atoms with Gasteiger partial charge in [-0.15, -0.1) is 0 Å². The van der Waals surface area contributed by atoms with Crippen molar-refractivity contribution in [2.75, 3.05) is 0 Å². The van der Waals surface area contributed by atoms with Gasteiger partial charge in [-0.2, -0.15) is 0 Å². The second-order valence-corrected chi connectivity index (χ2v) is 17.9. The number of benzene rings is 4. The number of phenolic OH excluding ortho intramolecular Hbond substituents is 4. The summed E-state index contributed by atoms with van der Waals surface area (Å²) in [5.41, 5.74) is 22.7. The lowest BCUT2D eigenvalue weighted by Crippen LogP contribution is -2.50. The van der Waals surface area contributed by atoms with E-state index >= 15 is 4.79 Å². The first-order valence-corrected chi connectivity index (χ1v) is 21.6. The van der Waals surface area contributed by atoms with Gasteiger partial charge in [0.15, 0.2) is 11.6 Å². The Kier molecular flexibility index (Phi) is 15.9. The molecule has 4 aromatic rings. The molecule has 5 rings (SSSR count). The molecule has 10 N–H and O–H groups in total. The van der Waals surface area contributed by atoms with Crippen molar-refractivity contribution in [1.82, 2.24) is 4.90 Å². The molecule has 8 unspecified atom stereocenters. The first-order chi connectivity index (χ1) is 29.3. The van der Waals surface area contributed by atoms with E-state index in [-0.39, 0.29) is 72.2 Å². The van der Waals surface area contributed by atoms with Crippen LogP contribution in [0, 0.1) is 35.5 Å². The topological polar surface area (TPSA) is 230 Å². The van der Waals surface area contributed by atoms with Crippen LogP contribution in [0.4, 0.5) is 0 Å². The lowest BCUT2D eigenvalue weighted by molar-refractivity contribution is -0.140. The maximum atomic E-state index is 15.1. The van der Waals surface area contributed by atoms with Crippen LogP contribution in [0.3, 0.4) is 0 Å². The third kappa shape index (κ3) is 11.5. The van der Waals surface area contributed by atoms with Gasteiger partial charge in [0.2, 0.25) is 11.6 Å². The van der Waals surface area contributed by atoms with E-state index in [2.05, 4.69) is 34.6 Å². The van der Waals surface area contributed by atoms with E-state index < -0.39 is 65.4 Å². The van der Waals surface area contributed by atoms with Gasteiger partial charge in [0.25, 0.3) is 0 Å². The summed E-state index contributed by atoms with van der Waals surface area (Å²) >= 11 is 0. The van der Waals surface area contributed by atoms with Crippen LogP contribution in [-0.2, 0) is 44.9 Å².